The first-order chi connectivity index (χ1) is 20.3. The zero-order chi connectivity index (χ0) is 31.0. The van der Waals surface area contributed by atoms with Crippen LogP contribution >= 0.6 is 0 Å². The van der Waals surface area contributed by atoms with Crippen LogP contribution in [0.4, 0.5) is 33.5 Å². The van der Waals surface area contributed by atoms with E-state index in [0.29, 0.717) is 18.9 Å². The number of ether oxygens (including phenoxy) is 2. The molecule has 0 saturated carbocycles. The average molecular weight is 604 g/mol. The highest BCUT2D eigenvalue weighted by Gasteiger charge is 2.56. The fourth-order valence-electron chi connectivity index (χ4n) is 6.70. The molecule has 43 heavy (non-hydrogen) atoms. The molecule has 4 N–H and O–H groups in total. The molecule has 6 rings (SSSR count). The molecule has 1 unspecified atom stereocenters. The summed E-state index contributed by atoms with van der Waals surface area (Å²) in [5.41, 5.74) is 3.53. The number of alkyl halides is 3. The molecular weight excluding hydrogens is 577 g/mol. The lowest BCUT2D eigenvalue weighted by molar-refractivity contribution is -0.275. The predicted molar refractivity (Wildman–Crippen MR) is 144 cm³/mol. The van der Waals surface area contributed by atoms with Crippen LogP contribution < -0.4 is 30.7 Å². The second-order valence-electron chi connectivity index (χ2n) is 11.0. The number of halogens is 5. The number of rotatable bonds is 4. The summed E-state index contributed by atoms with van der Waals surface area (Å²) < 4.78 is 81.8. The van der Waals surface area contributed by atoms with E-state index in [4.69, 9.17) is 15.5 Å². The van der Waals surface area contributed by atoms with E-state index in [1.165, 1.54) is 7.05 Å². The van der Waals surface area contributed by atoms with Crippen molar-refractivity contribution >= 4 is 28.2 Å². The summed E-state index contributed by atoms with van der Waals surface area (Å²) in [6, 6.07) is 2.89. The van der Waals surface area contributed by atoms with Gasteiger partial charge in [0.05, 0.1) is 29.5 Å². The summed E-state index contributed by atoms with van der Waals surface area (Å²) in [5, 5.41) is 15.6. The number of pyridine rings is 2. The number of nitrogen functional groups attached to an aromatic ring is 1. The highest BCUT2D eigenvalue weighted by molar-refractivity contribution is 6.02. The molecule has 2 aromatic heterocycles. The van der Waals surface area contributed by atoms with Crippen molar-refractivity contribution in [3.05, 3.63) is 35.0 Å². The number of hydrogen-bond donors (Lipinski definition) is 3. The molecule has 15 heteroatoms. The van der Waals surface area contributed by atoms with Gasteiger partial charge in [-0.05, 0) is 38.3 Å². The Morgan fingerprint density at radius 1 is 1.33 bits per heavy atom. The number of nitriles is 1. The van der Waals surface area contributed by atoms with Gasteiger partial charge in [-0.2, -0.15) is 5.26 Å². The maximum Gasteiger partial charge on any atom is 0.573 e. The number of amides is 1. The summed E-state index contributed by atoms with van der Waals surface area (Å²) in [6.07, 6.45) is -5.10. The van der Waals surface area contributed by atoms with Crippen LogP contribution in [0.2, 0.25) is 0 Å². The van der Waals surface area contributed by atoms with Gasteiger partial charge >= 0.3 is 6.36 Å². The van der Waals surface area contributed by atoms with Gasteiger partial charge in [0.1, 0.15) is 23.2 Å². The summed E-state index contributed by atoms with van der Waals surface area (Å²) in [5.74, 6) is -4.08. The number of carbonyl (C=O) groups excluding carboxylic acids is 1. The Kier molecular flexibility index (Phi) is 6.53. The molecule has 0 spiro atoms. The van der Waals surface area contributed by atoms with Crippen LogP contribution in [0, 0.1) is 29.9 Å². The van der Waals surface area contributed by atoms with E-state index in [1.807, 2.05) is 11.0 Å². The highest BCUT2D eigenvalue weighted by Crippen LogP contribution is 2.48. The Hall–Kier alpha value is -4.45. The SMILES string of the molecule is CNC(=O)[C@]12CC[C@H](N1)[C@H]1C(C)Oc3nc(-c4cc(N)cc(F)c4OC(F)(F)F)c(F)c4c(CC#N)c(C)nc(c34)N1C2. The highest BCUT2D eigenvalue weighted by atomic mass is 19.4. The second-order valence-corrected chi connectivity index (χ2v) is 11.0. The molecule has 3 aliphatic rings. The summed E-state index contributed by atoms with van der Waals surface area (Å²) in [6.45, 7) is 3.50. The minimum Gasteiger partial charge on any atom is -0.472 e. The molecule has 0 aliphatic carbocycles. The second kappa shape index (κ2) is 9.80. The number of nitrogens with zero attached hydrogens (tertiary/aromatic N) is 4. The molecule has 3 aromatic rings. The number of nitrogens with two attached hydrogens (primary N) is 1. The van der Waals surface area contributed by atoms with Crippen molar-refractivity contribution in [2.24, 2.45) is 0 Å². The zero-order valence-corrected chi connectivity index (χ0v) is 23.2. The molecule has 2 fully saturated rings. The maximum atomic E-state index is 16.7. The molecular formula is C28H26F5N7O3. The zero-order valence-electron chi connectivity index (χ0n) is 23.2. The fourth-order valence-corrected chi connectivity index (χ4v) is 6.70. The van der Waals surface area contributed by atoms with E-state index in [2.05, 4.69) is 20.4 Å². The number of nitrogens with one attached hydrogen (secondary N) is 2. The van der Waals surface area contributed by atoms with Crippen LogP contribution in [-0.2, 0) is 11.2 Å². The molecule has 1 amide bonds. The number of carbonyl (C=O) groups is 1. The summed E-state index contributed by atoms with van der Waals surface area (Å²) in [4.78, 5) is 24.0. The quantitative estimate of drug-likeness (QED) is 0.302. The smallest absolute Gasteiger partial charge is 0.472 e. The number of fused-ring (bicyclic) bond motifs is 5. The van der Waals surface area contributed by atoms with Gasteiger partial charge in [-0.25, -0.2) is 18.7 Å². The molecule has 3 aliphatic heterocycles. The number of aryl methyl sites for hydroxylation is 1. The van der Waals surface area contributed by atoms with E-state index in [1.54, 1.807) is 13.8 Å². The Morgan fingerprint density at radius 3 is 2.74 bits per heavy atom. The lowest BCUT2D eigenvalue weighted by atomic mass is 9.92. The summed E-state index contributed by atoms with van der Waals surface area (Å²) in [7, 11) is 1.54. The van der Waals surface area contributed by atoms with Gasteiger partial charge in [0, 0.05) is 42.5 Å². The Morgan fingerprint density at radius 2 is 2.07 bits per heavy atom. The van der Waals surface area contributed by atoms with Crippen molar-refractivity contribution in [1.29, 1.82) is 5.26 Å². The third kappa shape index (κ3) is 4.43. The number of piperazine rings is 1. The minimum atomic E-state index is -5.31. The van der Waals surface area contributed by atoms with E-state index in [9.17, 15) is 27.6 Å². The largest absolute Gasteiger partial charge is 0.573 e. The van der Waals surface area contributed by atoms with Gasteiger partial charge in [0.2, 0.25) is 11.8 Å². The van der Waals surface area contributed by atoms with Crippen molar-refractivity contribution in [3.8, 4) is 29.0 Å². The van der Waals surface area contributed by atoms with Gasteiger partial charge in [0.15, 0.2) is 17.4 Å². The maximum absolute atomic E-state index is 16.7. The summed E-state index contributed by atoms with van der Waals surface area (Å²) >= 11 is 0. The third-order valence-electron chi connectivity index (χ3n) is 8.40. The van der Waals surface area contributed by atoms with Crippen molar-refractivity contribution in [1.82, 2.24) is 20.6 Å². The van der Waals surface area contributed by atoms with Crippen molar-refractivity contribution < 1.29 is 36.2 Å². The number of benzene rings is 1. The minimum absolute atomic E-state index is 0.0856. The first kappa shape index (κ1) is 28.7. The normalized spacial score (nSPS) is 24.2. The number of aromatic nitrogens is 2. The van der Waals surface area contributed by atoms with E-state index >= 15 is 4.39 Å². The molecule has 10 nitrogen and oxygen atoms in total. The van der Waals surface area contributed by atoms with Gasteiger partial charge in [-0.1, -0.05) is 0 Å². The third-order valence-corrected chi connectivity index (χ3v) is 8.40. The van der Waals surface area contributed by atoms with Crippen LogP contribution in [0.15, 0.2) is 12.1 Å². The van der Waals surface area contributed by atoms with Crippen LogP contribution in [0.5, 0.6) is 11.6 Å². The number of hydrogen-bond acceptors (Lipinski definition) is 9. The first-order valence-electron chi connectivity index (χ1n) is 13.5. The Bertz CT molecular complexity index is 1730. The lowest BCUT2D eigenvalue weighted by Crippen LogP contribution is -2.71. The monoisotopic (exact) mass is 603 g/mol. The molecule has 1 aromatic carbocycles. The first-order valence-corrected chi connectivity index (χ1v) is 13.5. The molecule has 2 bridgehead atoms. The molecule has 5 heterocycles. The van der Waals surface area contributed by atoms with Crippen molar-refractivity contribution in [3.63, 3.8) is 0 Å². The van der Waals surface area contributed by atoms with E-state index in [0.717, 1.165) is 6.07 Å². The van der Waals surface area contributed by atoms with E-state index < -0.39 is 52.7 Å². The molecule has 226 valence electrons. The predicted octanol–water partition coefficient (Wildman–Crippen LogP) is 3.64. The van der Waals surface area contributed by atoms with Gasteiger partial charge in [-0.3, -0.25) is 10.1 Å². The van der Waals surface area contributed by atoms with Crippen molar-refractivity contribution in [2.75, 3.05) is 24.2 Å². The van der Waals surface area contributed by atoms with Crippen LogP contribution in [-0.4, -0.2) is 59.6 Å². The van der Waals surface area contributed by atoms with Crippen LogP contribution in [0.3, 0.4) is 0 Å². The topological polar surface area (TPSA) is 138 Å². The molecule has 2 saturated heterocycles. The Labute approximate surface area is 242 Å². The number of anilines is 2. The average Bonchev–Trinajstić information content (AvgIpc) is 3.23. The Balaban J connectivity index is 1.67. The van der Waals surface area contributed by atoms with Gasteiger partial charge in [0.25, 0.3) is 0 Å². The van der Waals surface area contributed by atoms with Crippen LogP contribution in [0.25, 0.3) is 22.0 Å². The van der Waals surface area contributed by atoms with Crippen LogP contribution in [0.1, 0.15) is 31.0 Å². The number of likely N-dealkylation sites (N-methyl/N-ethyl adjacent to an activating group) is 1. The molecule has 4 atom stereocenters. The van der Waals surface area contributed by atoms with E-state index in [-0.39, 0.29) is 64.3 Å². The van der Waals surface area contributed by atoms with Gasteiger partial charge in [-0.15, -0.1) is 13.2 Å². The lowest BCUT2D eigenvalue weighted by Gasteiger charge is -2.47. The fraction of sp³-hybridized carbons (Fsp3) is 0.429. The molecule has 0 radical (unpaired) electrons. The standard InChI is InChI=1S/C28H26F5N7O3/c1-11-14(5-7-34)18-19-24(37-11)40-10-27(26(41)36-3)6-4-17(39-27)22(40)12(2)42-25(19)38-21(20(18)30)15-8-13(35)9-16(29)23(15)43-28(31,32)33/h8-9,12,17,22,39H,4-6,10,35H2,1-3H3,(H,36,41)/t12?,17-,22+,27+/m0/s1. The van der Waals surface area contributed by atoms with Crippen molar-refractivity contribution in [2.45, 2.75) is 63.2 Å². The van der Waals surface area contributed by atoms with Gasteiger partial charge < -0.3 is 25.4 Å².